The third-order valence-electron chi connectivity index (χ3n) is 4.03. The van der Waals surface area contributed by atoms with E-state index in [0.717, 1.165) is 15.6 Å². The SMILES string of the molecule is O=C(O)C1=CCC(c2ccc(Cl)c(Cl)c2)NC1c1cccc(Br)c1. The molecule has 3 rings (SSSR count). The molecule has 2 N–H and O–H groups in total. The number of carbonyl (C=O) groups is 1. The van der Waals surface area contributed by atoms with Gasteiger partial charge in [0.15, 0.2) is 0 Å². The van der Waals surface area contributed by atoms with Crippen molar-refractivity contribution in [1.29, 1.82) is 0 Å². The summed E-state index contributed by atoms with van der Waals surface area (Å²) in [5.41, 5.74) is 2.22. The van der Waals surface area contributed by atoms with Crippen molar-refractivity contribution in [1.82, 2.24) is 5.32 Å². The number of rotatable bonds is 3. The van der Waals surface area contributed by atoms with Gasteiger partial charge in [0.1, 0.15) is 0 Å². The summed E-state index contributed by atoms with van der Waals surface area (Å²) in [6.07, 6.45) is 2.35. The van der Waals surface area contributed by atoms with Gasteiger partial charge in [-0.05, 0) is 41.8 Å². The van der Waals surface area contributed by atoms with Gasteiger partial charge in [0.25, 0.3) is 0 Å². The molecule has 0 fully saturated rings. The second-order valence-corrected chi connectivity index (χ2v) is 7.31. The van der Waals surface area contributed by atoms with Crippen molar-refractivity contribution >= 4 is 45.1 Å². The molecule has 124 valence electrons. The van der Waals surface area contributed by atoms with E-state index in [1.54, 1.807) is 12.1 Å². The molecule has 0 amide bonds. The van der Waals surface area contributed by atoms with Crippen molar-refractivity contribution in [3.63, 3.8) is 0 Å². The first-order chi connectivity index (χ1) is 11.5. The fourth-order valence-corrected chi connectivity index (χ4v) is 3.58. The standard InChI is InChI=1S/C18H14BrCl2NO2/c19-12-3-1-2-11(8-12)17-13(18(23)24)5-7-16(22-17)10-4-6-14(20)15(21)9-10/h1-6,8-9,16-17,22H,7H2,(H,23,24). The van der Waals surface area contributed by atoms with E-state index in [2.05, 4.69) is 21.2 Å². The number of aliphatic carboxylic acids is 1. The van der Waals surface area contributed by atoms with Crippen LogP contribution in [0, 0.1) is 0 Å². The van der Waals surface area contributed by atoms with Crippen molar-refractivity contribution < 1.29 is 9.90 Å². The van der Waals surface area contributed by atoms with Gasteiger partial charge in [0.05, 0.1) is 21.7 Å². The Hall–Kier alpha value is -1.33. The molecule has 2 unspecified atom stereocenters. The van der Waals surface area contributed by atoms with Crippen molar-refractivity contribution in [2.45, 2.75) is 18.5 Å². The maximum absolute atomic E-state index is 11.6. The lowest BCUT2D eigenvalue weighted by Crippen LogP contribution is -2.33. The largest absolute Gasteiger partial charge is 0.478 e. The Morgan fingerprint density at radius 2 is 1.92 bits per heavy atom. The minimum absolute atomic E-state index is 0.0353. The molecule has 2 aromatic carbocycles. The first-order valence-corrected chi connectivity index (χ1v) is 8.90. The maximum Gasteiger partial charge on any atom is 0.333 e. The van der Waals surface area contributed by atoms with Gasteiger partial charge in [-0.3, -0.25) is 5.32 Å². The van der Waals surface area contributed by atoms with Crippen LogP contribution in [-0.4, -0.2) is 11.1 Å². The Morgan fingerprint density at radius 3 is 2.58 bits per heavy atom. The molecule has 24 heavy (non-hydrogen) atoms. The van der Waals surface area contributed by atoms with E-state index < -0.39 is 12.0 Å². The Kier molecular flexibility index (Phi) is 5.30. The van der Waals surface area contributed by atoms with Crippen LogP contribution in [0.4, 0.5) is 0 Å². The zero-order valence-corrected chi connectivity index (χ0v) is 15.6. The molecule has 0 saturated carbocycles. The summed E-state index contributed by atoms with van der Waals surface area (Å²) in [6.45, 7) is 0. The van der Waals surface area contributed by atoms with Gasteiger partial charge in [-0.2, -0.15) is 0 Å². The normalized spacial score (nSPS) is 20.5. The molecular formula is C18H14BrCl2NO2. The highest BCUT2D eigenvalue weighted by atomic mass is 79.9. The second-order valence-electron chi connectivity index (χ2n) is 5.58. The lowest BCUT2D eigenvalue weighted by molar-refractivity contribution is -0.133. The first kappa shape index (κ1) is 17.5. The number of carboxylic acid groups (broad SMARTS) is 1. The number of hydrogen-bond donors (Lipinski definition) is 2. The highest BCUT2D eigenvalue weighted by Crippen LogP contribution is 2.35. The van der Waals surface area contributed by atoms with Crippen molar-refractivity contribution in [3.05, 3.63) is 79.8 Å². The van der Waals surface area contributed by atoms with E-state index in [-0.39, 0.29) is 6.04 Å². The average Bonchev–Trinajstić information content (AvgIpc) is 2.56. The van der Waals surface area contributed by atoms with E-state index >= 15 is 0 Å². The Morgan fingerprint density at radius 1 is 1.12 bits per heavy atom. The summed E-state index contributed by atoms with van der Waals surface area (Å²) >= 11 is 15.5. The van der Waals surface area contributed by atoms with Crippen molar-refractivity contribution in [3.8, 4) is 0 Å². The van der Waals surface area contributed by atoms with Gasteiger partial charge in [0, 0.05) is 10.5 Å². The van der Waals surface area contributed by atoms with Gasteiger partial charge >= 0.3 is 5.97 Å². The van der Waals surface area contributed by atoms with E-state index in [1.165, 1.54) is 0 Å². The van der Waals surface area contributed by atoms with Crippen LogP contribution in [0.25, 0.3) is 0 Å². The number of hydrogen-bond acceptors (Lipinski definition) is 2. The molecule has 2 atom stereocenters. The number of halogens is 3. The Labute approximate surface area is 158 Å². The van der Waals surface area contributed by atoms with Gasteiger partial charge in [-0.15, -0.1) is 0 Å². The molecule has 0 aromatic heterocycles. The van der Waals surface area contributed by atoms with Crippen molar-refractivity contribution in [2.24, 2.45) is 0 Å². The summed E-state index contributed by atoms with van der Waals surface area (Å²) in [5.74, 6) is -0.917. The quantitative estimate of drug-likeness (QED) is 0.676. The predicted octanol–water partition coefficient (Wildman–Crippen LogP) is 5.54. The molecule has 1 heterocycles. The van der Waals surface area contributed by atoms with E-state index in [9.17, 15) is 9.90 Å². The number of benzene rings is 2. The molecule has 3 nitrogen and oxygen atoms in total. The highest BCUT2D eigenvalue weighted by molar-refractivity contribution is 9.10. The van der Waals surface area contributed by atoms with Crippen LogP contribution in [0.5, 0.6) is 0 Å². The number of nitrogens with one attached hydrogen (secondary N) is 1. The van der Waals surface area contributed by atoms with Gasteiger partial charge in [-0.1, -0.05) is 63.4 Å². The molecule has 0 aliphatic carbocycles. The van der Waals surface area contributed by atoms with Gasteiger partial charge < -0.3 is 5.11 Å². The van der Waals surface area contributed by atoms with Gasteiger partial charge in [-0.25, -0.2) is 4.79 Å². The molecule has 1 aliphatic rings. The topological polar surface area (TPSA) is 49.3 Å². The molecule has 0 saturated heterocycles. The second kappa shape index (κ2) is 7.28. The van der Waals surface area contributed by atoms with Crippen LogP contribution in [0.2, 0.25) is 10.0 Å². The minimum Gasteiger partial charge on any atom is -0.478 e. The maximum atomic E-state index is 11.6. The Balaban J connectivity index is 1.97. The monoisotopic (exact) mass is 425 g/mol. The lowest BCUT2D eigenvalue weighted by Gasteiger charge is -2.31. The summed E-state index contributed by atoms with van der Waals surface area (Å²) in [5, 5.41) is 13.9. The fourth-order valence-electron chi connectivity index (χ4n) is 2.86. The zero-order chi connectivity index (χ0) is 17.3. The van der Waals surface area contributed by atoms with Crippen LogP contribution in [-0.2, 0) is 4.79 Å². The first-order valence-electron chi connectivity index (χ1n) is 7.35. The van der Waals surface area contributed by atoms with E-state index in [4.69, 9.17) is 23.2 Å². The fraction of sp³-hybridized carbons (Fsp3) is 0.167. The number of carboxylic acids is 1. The molecule has 1 aliphatic heterocycles. The summed E-state index contributed by atoms with van der Waals surface area (Å²) in [4.78, 5) is 11.6. The summed E-state index contributed by atoms with van der Waals surface area (Å²) in [7, 11) is 0. The van der Waals surface area contributed by atoms with Gasteiger partial charge in [0.2, 0.25) is 0 Å². The third-order valence-corrected chi connectivity index (χ3v) is 5.26. The van der Waals surface area contributed by atoms with Crippen molar-refractivity contribution in [2.75, 3.05) is 0 Å². The van der Waals surface area contributed by atoms with Crippen LogP contribution in [0.15, 0.2) is 58.6 Å². The molecule has 0 spiro atoms. The summed E-state index contributed by atoms with van der Waals surface area (Å²) in [6, 6.07) is 12.7. The minimum atomic E-state index is -0.917. The molecule has 6 heteroatoms. The third kappa shape index (κ3) is 3.67. The molecule has 0 radical (unpaired) electrons. The van der Waals surface area contributed by atoms with Crippen LogP contribution in [0.3, 0.4) is 0 Å². The lowest BCUT2D eigenvalue weighted by atomic mass is 9.89. The van der Waals surface area contributed by atoms with Crippen LogP contribution < -0.4 is 5.32 Å². The summed E-state index contributed by atoms with van der Waals surface area (Å²) < 4.78 is 0.906. The zero-order valence-electron chi connectivity index (χ0n) is 12.5. The van der Waals surface area contributed by atoms with E-state index in [1.807, 2.05) is 36.4 Å². The van der Waals surface area contributed by atoms with Crippen LogP contribution in [0.1, 0.15) is 29.6 Å². The average molecular weight is 427 g/mol. The molecule has 0 bridgehead atoms. The predicted molar refractivity (Wildman–Crippen MR) is 99.6 cm³/mol. The molecule has 2 aromatic rings. The van der Waals surface area contributed by atoms with E-state index in [0.29, 0.717) is 22.0 Å². The Bertz CT molecular complexity index is 822. The smallest absolute Gasteiger partial charge is 0.333 e. The van der Waals surface area contributed by atoms with Crippen LogP contribution >= 0.6 is 39.1 Å². The molecular weight excluding hydrogens is 413 g/mol. The highest BCUT2D eigenvalue weighted by Gasteiger charge is 2.29.